The highest BCUT2D eigenvalue weighted by molar-refractivity contribution is 5.83. The number of carbonyl (C=O) groups excluding carboxylic acids is 1. The van der Waals surface area contributed by atoms with Crippen molar-refractivity contribution < 1.29 is 14.3 Å². The third-order valence-corrected chi connectivity index (χ3v) is 3.15. The van der Waals surface area contributed by atoms with Gasteiger partial charge in [0.15, 0.2) is 0 Å². The molecule has 0 spiro atoms. The van der Waals surface area contributed by atoms with Gasteiger partial charge in [0.2, 0.25) is 0 Å². The highest BCUT2D eigenvalue weighted by Crippen LogP contribution is 2.15. The highest BCUT2D eigenvalue weighted by Gasteiger charge is 2.05. The van der Waals surface area contributed by atoms with Crippen LogP contribution >= 0.6 is 0 Å². The number of nitrogens with one attached hydrogen (secondary N) is 1. The number of methoxy groups -OCH3 is 1. The molecule has 0 saturated carbocycles. The molecular weight excluding hydrogens is 294 g/mol. The molecular formula is C17H21N3O3. The van der Waals surface area contributed by atoms with E-state index in [1.54, 1.807) is 20.2 Å². The molecule has 0 bridgehead atoms. The van der Waals surface area contributed by atoms with Gasteiger partial charge in [0.1, 0.15) is 11.6 Å². The Morgan fingerprint density at radius 1 is 1.30 bits per heavy atom. The number of anilines is 1. The Balaban J connectivity index is 2.05. The maximum Gasteiger partial charge on any atom is 0.332 e. The Kier molecular flexibility index (Phi) is 5.80. The van der Waals surface area contributed by atoms with Crippen LogP contribution < -0.4 is 10.1 Å². The molecule has 0 radical (unpaired) electrons. The third-order valence-electron chi connectivity index (χ3n) is 3.15. The van der Waals surface area contributed by atoms with Crippen molar-refractivity contribution in [3.8, 4) is 5.75 Å². The molecule has 0 fully saturated rings. The molecule has 0 aliphatic carbocycles. The van der Waals surface area contributed by atoms with E-state index < -0.39 is 0 Å². The molecule has 1 aromatic heterocycles. The van der Waals surface area contributed by atoms with Crippen molar-refractivity contribution in [2.75, 3.05) is 19.0 Å². The third kappa shape index (κ3) is 4.88. The van der Waals surface area contributed by atoms with Crippen LogP contribution in [0.1, 0.15) is 19.4 Å². The molecule has 23 heavy (non-hydrogen) atoms. The minimum absolute atomic E-state index is 0.359. The number of carbonyl (C=O) groups is 1. The predicted molar refractivity (Wildman–Crippen MR) is 88.3 cm³/mol. The Morgan fingerprint density at radius 3 is 2.70 bits per heavy atom. The van der Waals surface area contributed by atoms with Gasteiger partial charge in [-0.25, -0.2) is 9.48 Å². The van der Waals surface area contributed by atoms with Crippen LogP contribution in [-0.2, 0) is 16.1 Å². The second kappa shape index (κ2) is 8.03. The summed E-state index contributed by atoms with van der Waals surface area (Å²) in [6.45, 7) is 4.56. The number of rotatable bonds is 7. The van der Waals surface area contributed by atoms with Crippen molar-refractivity contribution in [1.82, 2.24) is 9.78 Å². The largest absolute Gasteiger partial charge is 0.497 e. The summed E-state index contributed by atoms with van der Waals surface area (Å²) in [5, 5.41) is 7.46. The van der Waals surface area contributed by atoms with Gasteiger partial charge in [-0.05, 0) is 31.5 Å². The monoisotopic (exact) mass is 315 g/mol. The van der Waals surface area contributed by atoms with Crippen molar-refractivity contribution in [3.05, 3.63) is 53.9 Å². The number of benzene rings is 1. The maximum atomic E-state index is 11.4. The van der Waals surface area contributed by atoms with Gasteiger partial charge < -0.3 is 14.8 Å². The van der Waals surface area contributed by atoms with E-state index >= 15 is 0 Å². The number of nitrogens with zero attached hydrogens (tertiary/aromatic N) is 2. The van der Waals surface area contributed by atoms with Crippen molar-refractivity contribution in [2.24, 2.45) is 0 Å². The summed E-state index contributed by atoms with van der Waals surface area (Å²) in [5.41, 5.74) is 1.80. The zero-order valence-electron chi connectivity index (χ0n) is 13.6. The average Bonchev–Trinajstić information content (AvgIpc) is 2.95. The van der Waals surface area contributed by atoms with Crippen LogP contribution in [0, 0.1) is 0 Å². The van der Waals surface area contributed by atoms with E-state index in [1.165, 1.54) is 6.08 Å². The molecule has 0 atom stereocenters. The van der Waals surface area contributed by atoms with E-state index in [4.69, 9.17) is 9.47 Å². The molecule has 122 valence electrons. The Morgan fingerprint density at radius 2 is 2.04 bits per heavy atom. The van der Waals surface area contributed by atoms with Crippen molar-refractivity contribution in [3.63, 3.8) is 0 Å². The van der Waals surface area contributed by atoms with Gasteiger partial charge in [-0.1, -0.05) is 12.1 Å². The van der Waals surface area contributed by atoms with Crippen LogP contribution in [0.2, 0.25) is 0 Å². The Labute approximate surface area is 135 Å². The van der Waals surface area contributed by atoms with Gasteiger partial charge in [0.05, 0.1) is 26.5 Å². The molecule has 2 aromatic rings. The summed E-state index contributed by atoms with van der Waals surface area (Å²) in [5.74, 6) is 1.26. The number of hydrogen-bond donors (Lipinski definition) is 1. The van der Waals surface area contributed by atoms with E-state index in [-0.39, 0.29) is 5.97 Å². The lowest BCUT2D eigenvalue weighted by Gasteiger charge is -2.10. The van der Waals surface area contributed by atoms with Gasteiger partial charge in [-0.3, -0.25) is 0 Å². The lowest BCUT2D eigenvalue weighted by molar-refractivity contribution is -0.137. The fourth-order valence-electron chi connectivity index (χ4n) is 2.07. The molecule has 0 aliphatic heterocycles. The molecule has 6 nitrogen and oxygen atoms in total. The van der Waals surface area contributed by atoms with Crippen LogP contribution in [-0.4, -0.2) is 29.5 Å². The first-order chi connectivity index (χ1) is 11.1. The number of ether oxygens (including phenoxy) is 2. The van der Waals surface area contributed by atoms with E-state index in [9.17, 15) is 4.79 Å². The van der Waals surface area contributed by atoms with E-state index in [2.05, 4.69) is 10.4 Å². The van der Waals surface area contributed by atoms with Crippen molar-refractivity contribution in [1.29, 1.82) is 0 Å². The molecule has 1 heterocycles. The first kappa shape index (κ1) is 16.6. The van der Waals surface area contributed by atoms with Crippen LogP contribution in [0.4, 0.5) is 5.82 Å². The fourth-order valence-corrected chi connectivity index (χ4v) is 2.07. The molecule has 0 saturated heterocycles. The van der Waals surface area contributed by atoms with Gasteiger partial charge >= 0.3 is 5.97 Å². The van der Waals surface area contributed by atoms with Gasteiger partial charge in [0.25, 0.3) is 0 Å². The van der Waals surface area contributed by atoms with Crippen LogP contribution in [0.25, 0.3) is 0 Å². The van der Waals surface area contributed by atoms with Crippen molar-refractivity contribution in [2.45, 2.75) is 20.4 Å². The molecule has 1 N–H and O–H groups in total. The molecule has 2 rings (SSSR count). The lowest BCUT2D eigenvalue weighted by atomic mass is 10.2. The molecule has 0 amide bonds. The number of allylic oxidation sites excluding steroid dienone is 1. The summed E-state index contributed by atoms with van der Waals surface area (Å²) in [6, 6.07) is 9.67. The minimum Gasteiger partial charge on any atom is -0.497 e. The molecule has 0 aliphatic rings. The number of esters is 1. The fraction of sp³-hybridized carbons (Fsp3) is 0.294. The van der Waals surface area contributed by atoms with E-state index in [0.29, 0.717) is 18.8 Å². The predicted octanol–water partition coefficient (Wildman–Crippen LogP) is 2.82. The van der Waals surface area contributed by atoms with Gasteiger partial charge in [-0.15, -0.1) is 0 Å². The zero-order chi connectivity index (χ0) is 16.7. The minimum atomic E-state index is -0.362. The zero-order valence-corrected chi connectivity index (χ0v) is 13.6. The maximum absolute atomic E-state index is 11.4. The smallest absolute Gasteiger partial charge is 0.332 e. The number of hydrogen-bond acceptors (Lipinski definition) is 5. The summed E-state index contributed by atoms with van der Waals surface area (Å²) in [6.07, 6.45) is 3.14. The van der Waals surface area contributed by atoms with Crippen LogP contribution in [0.3, 0.4) is 0 Å². The summed E-state index contributed by atoms with van der Waals surface area (Å²) >= 11 is 0. The molecule has 1 aromatic carbocycles. The second-order valence-electron chi connectivity index (χ2n) is 4.93. The topological polar surface area (TPSA) is 65.4 Å². The first-order valence-electron chi connectivity index (χ1n) is 7.39. The SMILES string of the molecule is CCOC(=O)C=C(C)Nc1ccnn1Cc1ccc(OC)cc1. The van der Waals surface area contributed by atoms with Crippen LogP contribution in [0.15, 0.2) is 48.3 Å². The molecule has 6 heteroatoms. The van der Waals surface area contributed by atoms with Crippen molar-refractivity contribution >= 4 is 11.8 Å². The Hall–Kier alpha value is -2.76. The Bertz CT molecular complexity index is 675. The molecule has 0 unspecified atom stereocenters. The van der Waals surface area contributed by atoms with E-state index in [0.717, 1.165) is 17.1 Å². The normalized spacial score (nSPS) is 11.2. The standard InChI is InChI=1S/C17H21N3O3/c1-4-23-17(21)11-13(2)19-16-9-10-18-20(16)12-14-5-7-15(22-3)8-6-14/h5-11,19H,4,12H2,1-3H3. The highest BCUT2D eigenvalue weighted by atomic mass is 16.5. The second-order valence-corrected chi connectivity index (χ2v) is 4.93. The number of aromatic nitrogens is 2. The van der Waals surface area contributed by atoms with E-state index in [1.807, 2.05) is 41.9 Å². The average molecular weight is 315 g/mol. The van der Waals surface area contributed by atoms with Crippen LogP contribution in [0.5, 0.6) is 5.75 Å². The quantitative estimate of drug-likeness (QED) is 0.629. The first-order valence-corrected chi connectivity index (χ1v) is 7.39. The summed E-state index contributed by atoms with van der Waals surface area (Å²) in [7, 11) is 1.64. The van der Waals surface area contributed by atoms with Gasteiger partial charge in [-0.2, -0.15) is 5.10 Å². The lowest BCUT2D eigenvalue weighted by Crippen LogP contribution is -2.09. The summed E-state index contributed by atoms with van der Waals surface area (Å²) in [4.78, 5) is 11.4. The van der Waals surface area contributed by atoms with Gasteiger partial charge in [0, 0.05) is 17.8 Å². The summed E-state index contributed by atoms with van der Waals surface area (Å²) < 4.78 is 11.9.